The van der Waals surface area contributed by atoms with Gasteiger partial charge in [-0.3, -0.25) is 4.79 Å². The van der Waals surface area contributed by atoms with Gasteiger partial charge in [-0.05, 0) is 42.9 Å². The summed E-state index contributed by atoms with van der Waals surface area (Å²) < 4.78 is 0. The lowest BCUT2D eigenvalue weighted by molar-refractivity contribution is -0.128. The summed E-state index contributed by atoms with van der Waals surface area (Å²) in [6.07, 6.45) is 1.66. The second kappa shape index (κ2) is 12.7. The smallest absolute Gasteiger partial charge is 0.222 e. The maximum atomic E-state index is 11.9. The van der Waals surface area contributed by atoms with E-state index in [2.05, 4.69) is 79.9 Å². The van der Waals surface area contributed by atoms with Gasteiger partial charge in [0.05, 0.1) is 6.54 Å². The highest BCUT2D eigenvalue weighted by atomic mass is 127. The normalized spacial score (nSPS) is 14.9. The minimum atomic E-state index is 0. The summed E-state index contributed by atoms with van der Waals surface area (Å²) in [6, 6.07) is 17.1. The number of carbonyl (C=O) groups is 1. The van der Waals surface area contributed by atoms with Crippen LogP contribution in [0, 0.1) is 6.92 Å². The number of amides is 1. The molecule has 1 saturated heterocycles. The average Bonchev–Trinajstić information content (AvgIpc) is 3.14. The Kier molecular flexibility index (Phi) is 10.3. The third kappa shape index (κ3) is 7.83. The number of hydrogen-bond donors (Lipinski definition) is 2. The zero-order chi connectivity index (χ0) is 21.3. The molecule has 0 bridgehead atoms. The van der Waals surface area contributed by atoms with Crippen molar-refractivity contribution in [2.45, 2.75) is 52.6 Å². The van der Waals surface area contributed by atoms with Crippen LogP contribution in [0.5, 0.6) is 0 Å². The zero-order valence-corrected chi connectivity index (χ0v) is 21.2. The van der Waals surface area contributed by atoms with E-state index in [0.717, 1.165) is 37.6 Å². The molecule has 1 amide bonds. The van der Waals surface area contributed by atoms with Crippen LogP contribution in [0.15, 0.2) is 53.5 Å². The molecule has 0 saturated carbocycles. The number of nitrogens with one attached hydrogen (secondary N) is 2. The highest BCUT2D eigenvalue weighted by Gasteiger charge is 2.19. The van der Waals surface area contributed by atoms with Gasteiger partial charge in [0.25, 0.3) is 0 Å². The minimum Gasteiger partial charge on any atom is -0.357 e. The van der Waals surface area contributed by atoms with Crippen LogP contribution in [0.4, 0.5) is 0 Å². The summed E-state index contributed by atoms with van der Waals surface area (Å²) >= 11 is 0. The quantitative estimate of drug-likeness (QED) is 0.296. The second-order valence-electron chi connectivity index (χ2n) is 8.13. The Hall–Kier alpha value is -2.09. The average molecular weight is 534 g/mol. The molecular formula is C25H35IN4O. The van der Waals surface area contributed by atoms with Crippen LogP contribution in [0.1, 0.15) is 54.9 Å². The number of aliphatic imine (C=N–C) groups is 1. The molecule has 168 valence electrons. The molecule has 1 fully saturated rings. The zero-order valence-electron chi connectivity index (χ0n) is 18.9. The maximum Gasteiger partial charge on any atom is 0.222 e. The Morgan fingerprint density at radius 3 is 2.61 bits per heavy atom. The van der Waals surface area contributed by atoms with E-state index >= 15 is 0 Å². The van der Waals surface area contributed by atoms with Crippen molar-refractivity contribution in [3.8, 4) is 0 Å². The predicted molar refractivity (Wildman–Crippen MR) is 139 cm³/mol. The molecule has 3 rings (SSSR count). The minimum absolute atomic E-state index is 0. The molecule has 0 radical (unpaired) electrons. The number of nitrogens with zero attached hydrogens (tertiary/aromatic N) is 2. The summed E-state index contributed by atoms with van der Waals surface area (Å²) in [7, 11) is 0. The molecule has 31 heavy (non-hydrogen) atoms. The molecule has 1 heterocycles. The van der Waals surface area contributed by atoms with Crippen LogP contribution < -0.4 is 10.6 Å². The number of guanidine groups is 1. The molecule has 6 heteroatoms. The van der Waals surface area contributed by atoms with Gasteiger partial charge in [-0.25, -0.2) is 4.99 Å². The third-order valence-electron chi connectivity index (χ3n) is 5.49. The summed E-state index contributed by atoms with van der Waals surface area (Å²) in [5.41, 5.74) is 4.95. The van der Waals surface area contributed by atoms with Crippen molar-refractivity contribution in [2.24, 2.45) is 4.99 Å². The van der Waals surface area contributed by atoms with Crippen molar-refractivity contribution in [3.05, 3.63) is 70.8 Å². The van der Waals surface area contributed by atoms with Crippen molar-refractivity contribution in [3.63, 3.8) is 0 Å². The first-order chi connectivity index (χ1) is 14.5. The monoisotopic (exact) mass is 534 g/mol. The molecule has 0 aromatic heterocycles. The van der Waals surface area contributed by atoms with Crippen LogP contribution in [-0.2, 0) is 17.9 Å². The largest absolute Gasteiger partial charge is 0.357 e. The number of carbonyl (C=O) groups excluding carboxylic acids is 1. The fourth-order valence-electron chi connectivity index (χ4n) is 3.77. The van der Waals surface area contributed by atoms with Gasteiger partial charge in [0.2, 0.25) is 5.91 Å². The van der Waals surface area contributed by atoms with Crippen LogP contribution in [0.25, 0.3) is 0 Å². The number of benzene rings is 2. The first-order valence-electron chi connectivity index (χ1n) is 11.0. The SMILES string of the molecule is CCNC(=NCc1cccc(CN2CCCC2=O)c1)NCC(C)c1cccc(C)c1.I. The van der Waals surface area contributed by atoms with Crippen LogP contribution in [0.2, 0.25) is 0 Å². The summed E-state index contributed by atoms with van der Waals surface area (Å²) in [6.45, 7) is 10.3. The molecule has 2 aromatic carbocycles. The molecule has 2 aromatic rings. The van der Waals surface area contributed by atoms with Crippen molar-refractivity contribution >= 4 is 35.8 Å². The van der Waals surface area contributed by atoms with E-state index in [1.54, 1.807) is 0 Å². The van der Waals surface area contributed by atoms with E-state index in [9.17, 15) is 4.79 Å². The molecular weight excluding hydrogens is 499 g/mol. The van der Waals surface area contributed by atoms with Gasteiger partial charge in [0.15, 0.2) is 5.96 Å². The van der Waals surface area contributed by atoms with Gasteiger partial charge < -0.3 is 15.5 Å². The number of hydrogen-bond acceptors (Lipinski definition) is 2. The van der Waals surface area contributed by atoms with E-state index in [-0.39, 0.29) is 29.9 Å². The third-order valence-corrected chi connectivity index (χ3v) is 5.49. The second-order valence-corrected chi connectivity index (χ2v) is 8.13. The molecule has 1 aliphatic rings. The predicted octanol–water partition coefficient (Wildman–Crippen LogP) is 4.59. The first kappa shape index (κ1) is 25.2. The summed E-state index contributed by atoms with van der Waals surface area (Å²) in [5, 5.41) is 6.81. The molecule has 1 unspecified atom stereocenters. The van der Waals surface area contributed by atoms with Crippen LogP contribution in [-0.4, -0.2) is 36.4 Å². The van der Waals surface area contributed by atoms with E-state index in [1.165, 1.54) is 16.7 Å². The summed E-state index contributed by atoms with van der Waals surface area (Å²) in [5.74, 6) is 1.49. The first-order valence-corrected chi connectivity index (χ1v) is 11.0. The van der Waals surface area contributed by atoms with Crippen molar-refractivity contribution in [1.29, 1.82) is 0 Å². The lowest BCUT2D eigenvalue weighted by Gasteiger charge is -2.17. The van der Waals surface area contributed by atoms with Crippen molar-refractivity contribution in [2.75, 3.05) is 19.6 Å². The van der Waals surface area contributed by atoms with Gasteiger partial charge >= 0.3 is 0 Å². The number of likely N-dealkylation sites (tertiary alicyclic amines) is 1. The number of aryl methyl sites for hydroxylation is 1. The van der Waals surface area contributed by atoms with Crippen LogP contribution in [0.3, 0.4) is 0 Å². The van der Waals surface area contributed by atoms with E-state index in [4.69, 9.17) is 4.99 Å². The molecule has 0 aliphatic carbocycles. The molecule has 2 N–H and O–H groups in total. The Balaban J connectivity index is 0.00000341. The van der Waals surface area contributed by atoms with Crippen LogP contribution >= 0.6 is 24.0 Å². The molecule has 0 spiro atoms. The fraction of sp³-hybridized carbons (Fsp3) is 0.440. The highest BCUT2D eigenvalue weighted by molar-refractivity contribution is 14.0. The Bertz CT molecular complexity index is 883. The lowest BCUT2D eigenvalue weighted by Crippen LogP contribution is -2.39. The maximum absolute atomic E-state index is 11.9. The van der Waals surface area contributed by atoms with E-state index in [1.807, 2.05) is 4.90 Å². The van der Waals surface area contributed by atoms with E-state index in [0.29, 0.717) is 25.4 Å². The highest BCUT2D eigenvalue weighted by Crippen LogP contribution is 2.16. The Morgan fingerprint density at radius 2 is 1.90 bits per heavy atom. The van der Waals surface area contributed by atoms with Gasteiger partial charge in [0, 0.05) is 32.6 Å². The fourth-order valence-corrected chi connectivity index (χ4v) is 3.77. The lowest BCUT2D eigenvalue weighted by atomic mass is 9.99. The standard InChI is InChI=1S/C25H34N4O.HI/c1-4-26-25(27-16-20(3)23-11-5-8-19(2)14-23)28-17-21-9-6-10-22(15-21)18-29-13-7-12-24(29)30;/h5-6,8-11,14-15,20H,4,7,12-13,16-18H2,1-3H3,(H2,26,27,28);1H. The number of halogens is 1. The Labute approximate surface area is 203 Å². The topological polar surface area (TPSA) is 56.7 Å². The van der Waals surface area contributed by atoms with Gasteiger partial charge in [0.1, 0.15) is 0 Å². The van der Waals surface area contributed by atoms with E-state index < -0.39 is 0 Å². The Morgan fingerprint density at radius 1 is 1.13 bits per heavy atom. The van der Waals surface area contributed by atoms with Crippen molar-refractivity contribution < 1.29 is 4.79 Å². The van der Waals surface area contributed by atoms with Gasteiger partial charge in [-0.1, -0.05) is 61.0 Å². The molecule has 1 atom stereocenters. The molecule has 1 aliphatic heterocycles. The number of rotatable bonds is 8. The van der Waals surface area contributed by atoms with Gasteiger partial charge in [-0.2, -0.15) is 0 Å². The van der Waals surface area contributed by atoms with Gasteiger partial charge in [-0.15, -0.1) is 24.0 Å². The molecule has 5 nitrogen and oxygen atoms in total. The van der Waals surface area contributed by atoms with Crippen molar-refractivity contribution in [1.82, 2.24) is 15.5 Å². The summed E-state index contributed by atoms with van der Waals surface area (Å²) in [4.78, 5) is 18.6.